The maximum atomic E-state index is 13.0. The van der Waals surface area contributed by atoms with E-state index in [1.807, 2.05) is 60.4 Å². The van der Waals surface area contributed by atoms with Gasteiger partial charge in [-0.3, -0.25) is 9.78 Å². The maximum Gasteiger partial charge on any atom is 0.227 e. The van der Waals surface area contributed by atoms with Crippen molar-refractivity contribution in [3.8, 4) is 0 Å². The number of nitrogens with two attached hydrogens (primary N) is 1. The molecule has 1 aromatic heterocycles. The van der Waals surface area contributed by atoms with Crippen LogP contribution >= 0.6 is 0 Å². The molecule has 1 aliphatic rings. The summed E-state index contributed by atoms with van der Waals surface area (Å²) in [6, 6.07) is 15.7. The average Bonchev–Trinajstić information content (AvgIpc) is 3.44. The Morgan fingerprint density at radius 1 is 1.22 bits per heavy atom. The second-order valence-electron chi connectivity index (χ2n) is 6.24. The molecule has 2 atom stereocenters. The van der Waals surface area contributed by atoms with Crippen molar-refractivity contribution < 1.29 is 4.79 Å². The molecule has 1 fully saturated rings. The molecule has 2 N–H and O–H groups in total. The Labute approximate surface area is 137 Å². The first-order valence-electron chi connectivity index (χ1n) is 8.17. The Morgan fingerprint density at radius 3 is 2.52 bits per heavy atom. The van der Waals surface area contributed by atoms with Gasteiger partial charge in [0.05, 0.1) is 18.2 Å². The lowest BCUT2D eigenvalue weighted by atomic mass is 9.94. The Kier molecular flexibility index (Phi) is 4.72. The van der Waals surface area contributed by atoms with E-state index in [-0.39, 0.29) is 17.9 Å². The quantitative estimate of drug-likeness (QED) is 0.892. The predicted octanol–water partition coefficient (Wildman–Crippen LogP) is 2.91. The molecule has 1 aromatic carbocycles. The molecule has 4 nitrogen and oxygen atoms in total. The van der Waals surface area contributed by atoms with Crippen molar-refractivity contribution in [2.75, 3.05) is 0 Å². The van der Waals surface area contributed by atoms with Crippen molar-refractivity contribution >= 4 is 5.91 Å². The third-order valence-electron chi connectivity index (χ3n) is 4.44. The van der Waals surface area contributed by atoms with Gasteiger partial charge in [0.2, 0.25) is 5.91 Å². The second-order valence-corrected chi connectivity index (χ2v) is 6.24. The van der Waals surface area contributed by atoms with E-state index in [0.29, 0.717) is 12.6 Å². The molecule has 3 rings (SSSR count). The predicted molar refractivity (Wildman–Crippen MR) is 90.3 cm³/mol. The van der Waals surface area contributed by atoms with Crippen LogP contribution in [0.4, 0.5) is 0 Å². The first-order valence-corrected chi connectivity index (χ1v) is 8.17. The standard InChI is InChI=1S/C19H23N3O/c1-14(18(20)15-7-3-2-4-8-15)19(23)22(17-10-11-17)13-16-9-5-6-12-21-16/h2-9,12,14,17-18H,10-11,13,20H2,1H3. The lowest BCUT2D eigenvalue weighted by Gasteiger charge is -2.28. The largest absolute Gasteiger partial charge is 0.334 e. The van der Waals surface area contributed by atoms with Crippen molar-refractivity contribution in [2.45, 2.75) is 38.4 Å². The molecule has 0 radical (unpaired) electrons. The summed E-state index contributed by atoms with van der Waals surface area (Å²) in [6.45, 7) is 2.49. The van der Waals surface area contributed by atoms with Gasteiger partial charge in [0.1, 0.15) is 0 Å². The number of carbonyl (C=O) groups is 1. The Hall–Kier alpha value is -2.20. The highest BCUT2D eigenvalue weighted by Gasteiger charge is 2.36. The van der Waals surface area contributed by atoms with Crippen molar-refractivity contribution in [3.05, 3.63) is 66.0 Å². The number of rotatable bonds is 6. The number of aromatic nitrogens is 1. The lowest BCUT2D eigenvalue weighted by molar-refractivity contribution is -0.137. The zero-order chi connectivity index (χ0) is 16.2. The molecule has 1 heterocycles. The summed E-state index contributed by atoms with van der Waals surface area (Å²) < 4.78 is 0. The van der Waals surface area contributed by atoms with E-state index in [1.165, 1.54) is 0 Å². The number of hydrogen-bond donors (Lipinski definition) is 1. The topological polar surface area (TPSA) is 59.2 Å². The van der Waals surface area contributed by atoms with Gasteiger partial charge in [0.25, 0.3) is 0 Å². The number of carbonyl (C=O) groups excluding carboxylic acids is 1. The minimum absolute atomic E-state index is 0.120. The van der Waals surface area contributed by atoms with Crippen LogP contribution in [-0.4, -0.2) is 21.8 Å². The van der Waals surface area contributed by atoms with Crippen LogP contribution in [0.2, 0.25) is 0 Å². The number of amides is 1. The van der Waals surface area contributed by atoms with Crippen LogP contribution in [0, 0.1) is 5.92 Å². The normalized spacial score (nSPS) is 16.6. The Bertz CT molecular complexity index is 640. The maximum absolute atomic E-state index is 13.0. The van der Waals surface area contributed by atoms with Gasteiger partial charge in [-0.15, -0.1) is 0 Å². The van der Waals surface area contributed by atoms with E-state index >= 15 is 0 Å². The average molecular weight is 309 g/mol. The number of benzene rings is 1. The van der Waals surface area contributed by atoms with Gasteiger partial charge in [-0.1, -0.05) is 43.3 Å². The first-order chi connectivity index (χ1) is 11.2. The number of pyridine rings is 1. The number of hydrogen-bond acceptors (Lipinski definition) is 3. The van der Waals surface area contributed by atoms with Crippen LogP contribution in [-0.2, 0) is 11.3 Å². The highest BCUT2D eigenvalue weighted by atomic mass is 16.2. The van der Waals surface area contributed by atoms with Gasteiger partial charge in [-0.2, -0.15) is 0 Å². The molecular weight excluding hydrogens is 286 g/mol. The van der Waals surface area contributed by atoms with Crippen LogP contribution in [0.25, 0.3) is 0 Å². The molecule has 0 bridgehead atoms. The van der Waals surface area contributed by atoms with Gasteiger partial charge < -0.3 is 10.6 Å². The van der Waals surface area contributed by atoms with Crippen LogP contribution in [0.1, 0.15) is 37.1 Å². The van der Waals surface area contributed by atoms with E-state index in [1.54, 1.807) is 6.20 Å². The van der Waals surface area contributed by atoms with E-state index < -0.39 is 0 Å². The minimum atomic E-state index is -0.284. The van der Waals surface area contributed by atoms with Crippen molar-refractivity contribution in [3.63, 3.8) is 0 Å². The molecule has 0 spiro atoms. The summed E-state index contributed by atoms with van der Waals surface area (Å²) in [5, 5.41) is 0. The molecule has 1 amide bonds. The molecular formula is C19H23N3O. The van der Waals surface area contributed by atoms with E-state index in [2.05, 4.69) is 4.98 Å². The van der Waals surface area contributed by atoms with Gasteiger partial charge in [0, 0.05) is 18.3 Å². The Morgan fingerprint density at radius 2 is 1.91 bits per heavy atom. The summed E-state index contributed by atoms with van der Waals surface area (Å²) in [7, 11) is 0. The molecule has 23 heavy (non-hydrogen) atoms. The van der Waals surface area contributed by atoms with E-state index in [4.69, 9.17) is 5.73 Å². The van der Waals surface area contributed by atoms with Gasteiger partial charge in [-0.25, -0.2) is 0 Å². The van der Waals surface area contributed by atoms with Crippen molar-refractivity contribution in [1.29, 1.82) is 0 Å². The van der Waals surface area contributed by atoms with Gasteiger partial charge in [-0.05, 0) is 30.5 Å². The van der Waals surface area contributed by atoms with E-state index in [0.717, 1.165) is 24.1 Å². The number of nitrogens with zero attached hydrogens (tertiary/aromatic N) is 2. The Balaban J connectivity index is 1.73. The highest BCUT2D eigenvalue weighted by molar-refractivity contribution is 5.80. The molecule has 2 aromatic rings. The fourth-order valence-corrected chi connectivity index (χ4v) is 2.82. The first kappa shape index (κ1) is 15.7. The molecule has 4 heteroatoms. The highest BCUT2D eigenvalue weighted by Crippen LogP contribution is 2.31. The molecule has 1 saturated carbocycles. The van der Waals surface area contributed by atoms with Crippen LogP contribution < -0.4 is 5.73 Å². The summed E-state index contributed by atoms with van der Waals surface area (Å²) in [4.78, 5) is 19.3. The van der Waals surface area contributed by atoms with Crippen LogP contribution in [0.15, 0.2) is 54.7 Å². The zero-order valence-corrected chi connectivity index (χ0v) is 13.4. The zero-order valence-electron chi connectivity index (χ0n) is 13.4. The molecule has 2 unspecified atom stereocenters. The van der Waals surface area contributed by atoms with E-state index in [9.17, 15) is 4.79 Å². The van der Waals surface area contributed by atoms with Crippen molar-refractivity contribution in [1.82, 2.24) is 9.88 Å². The minimum Gasteiger partial charge on any atom is -0.334 e. The summed E-state index contributed by atoms with van der Waals surface area (Å²) in [5.41, 5.74) is 8.25. The smallest absolute Gasteiger partial charge is 0.227 e. The third kappa shape index (κ3) is 3.77. The van der Waals surface area contributed by atoms with Crippen LogP contribution in [0.3, 0.4) is 0 Å². The fourth-order valence-electron chi connectivity index (χ4n) is 2.82. The van der Waals surface area contributed by atoms with Gasteiger partial charge in [0.15, 0.2) is 0 Å². The lowest BCUT2D eigenvalue weighted by Crippen LogP contribution is -2.40. The van der Waals surface area contributed by atoms with Crippen LogP contribution in [0.5, 0.6) is 0 Å². The third-order valence-corrected chi connectivity index (χ3v) is 4.44. The van der Waals surface area contributed by atoms with Gasteiger partial charge >= 0.3 is 0 Å². The van der Waals surface area contributed by atoms with Crippen molar-refractivity contribution in [2.24, 2.45) is 11.7 Å². The monoisotopic (exact) mass is 309 g/mol. The second kappa shape index (κ2) is 6.92. The molecule has 0 aliphatic heterocycles. The fraction of sp³-hybridized carbons (Fsp3) is 0.368. The summed E-state index contributed by atoms with van der Waals surface area (Å²) in [6.07, 6.45) is 3.92. The molecule has 0 saturated heterocycles. The summed E-state index contributed by atoms with van der Waals surface area (Å²) >= 11 is 0. The molecule has 1 aliphatic carbocycles. The molecule has 120 valence electrons. The SMILES string of the molecule is CC(C(=O)N(Cc1ccccn1)C1CC1)C(N)c1ccccc1. The summed E-state index contributed by atoms with van der Waals surface area (Å²) in [5.74, 6) is -0.129.